The number of aryl methyl sites for hydroxylation is 2. The number of hydrogen-bond acceptors (Lipinski definition) is 4. The molecule has 4 rings (SSSR count). The van der Waals surface area contributed by atoms with E-state index in [9.17, 15) is 4.79 Å². The molecule has 1 heterocycles. The molecule has 1 N–H and O–H groups in total. The Hall–Kier alpha value is -2.11. The van der Waals surface area contributed by atoms with Gasteiger partial charge in [-0.3, -0.25) is 4.79 Å². The minimum atomic E-state index is -0.306. The van der Waals surface area contributed by atoms with Gasteiger partial charge in [0, 0.05) is 9.77 Å². The Balaban J connectivity index is 1.56. The van der Waals surface area contributed by atoms with Gasteiger partial charge in [-0.1, -0.05) is 48.5 Å². The van der Waals surface area contributed by atoms with Crippen LogP contribution in [0.25, 0.3) is 0 Å². The molecule has 0 aliphatic heterocycles. The lowest BCUT2D eigenvalue weighted by Gasteiger charge is -2.16. The number of amides is 1. The van der Waals surface area contributed by atoms with Crippen molar-refractivity contribution in [2.24, 2.45) is 0 Å². The third-order valence-corrected chi connectivity index (χ3v) is 6.75. The smallest absolute Gasteiger partial charge is 0.244 e. The van der Waals surface area contributed by atoms with Gasteiger partial charge in [0.1, 0.15) is 5.25 Å². The van der Waals surface area contributed by atoms with E-state index < -0.39 is 0 Å². The lowest BCUT2D eigenvalue weighted by Crippen LogP contribution is -2.19. The van der Waals surface area contributed by atoms with E-state index in [4.69, 9.17) is 0 Å². The third-order valence-electron chi connectivity index (χ3n) is 4.41. The highest BCUT2D eigenvalue weighted by Gasteiger charge is 2.24. The van der Waals surface area contributed by atoms with Crippen molar-refractivity contribution in [3.8, 4) is 0 Å². The first-order chi connectivity index (χ1) is 12.8. The Morgan fingerprint density at radius 1 is 1.00 bits per heavy atom. The molecule has 0 saturated carbocycles. The molecule has 26 heavy (non-hydrogen) atoms. The van der Waals surface area contributed by atoms with Gasteiger partial charge in [-0.15, -0.1) is 23.1 Å². The van der Waals surface area contributed by atoms with E-state index in [2.05, 4.69) is 10.3 Å². The fraction of sp³-hybridized carbons (Fsp3) is 0.238. The summed E-state index contributed by atoms with van der Waals surface area (Å²) in [6, 6.07) is 20.0. The summed E-state index contributed by atoms with van der Waals surface area (Å²) in [6.45, 7) is 0. The Kier molecular flexibility index (Phi) is 5.37. The van der Waals surface area contributed by atoms with Crippen LogP contribution in [0.3, 0.4) is 0 Å². The first kappa shape index (κ1) is 17.3. The van der Waals surface area contributed by atoms with Crippen LogP contribution in [0.5, 0.6) is 0 Å². The number of aromatic nitrogens is 1. The van der Waals surface area contributed by atoms with Crippen LogP contribution in [0.1, 0.15) is 34.2 Å². The Labute approximate surface area is 161 Å². The molecule has 0 saturated heterocycles. The van der Waals surface area contributed by atoms with Crippen LogP contribution < -0.4 is 5.32 Å². The van der Waals surface area contributed by atoms with Crippen LogP contribution in [0.4, 0.5) is 5.13 Å². The quantitative estimate of drug-likeness (QED) is 0.595. The van der Waals surface area contributed by atoms with Gasteiger partial charge >= 0.3 is 0 Å². The maximum Gasteiger partial charge on any atom is 0.244 e. The van der Waals surface area contributed by atoms with Crippen molar-refractivity contribution < 1.29 is 4.79 Å². The zero-order chi connectivity index (χ0) is 17.8. The summed E-state index contributed by atoms with van der Waals surface area (Å²) in [5, 5.41) is 3.49. The van der Waals surface area contributed by atoms with E-state index in [1.807, 2.05) is 60.7 Å². The summed E-state index contributed by atoms with van der Waals surface area (Å²) in [5.74, 6) is -0.0175. The van der Waals surface area contributed by atoms with Crippen LogP contribution in [0.15, 0.2) is 65.6 Å². The molecule has 5 heteroatoms. The number of thiazole rings is 1. The van der Waals surface area contributed by atoms with E-state index >= 15 is 0 Å². The van der Waals surface area contributed by atoms with Crippen LogP contribution in [0, 0.1) is 0 Å². The summed E-state index contributed by atoms with van der Waals surface area (Å²) >= 11 is 3.20. The second kappa shape index (κ2) is 8.06. The highest BCUT2D eigenvalue weighted by molar-refractivity contribution is 8.00. The zero-order valence-electron chi connectivity index (χ0n) is 14.4. The Bertz CT molecular complexity index is 854. The van der Waals surface area contributed by atoms with Gasteiger partial charge in [-0.25, -0.2) is 4.98 Å². The highest BCUT2D eigenvalue weighted by atomic mass is 32.2. The van der Waals surface area contributed by atoms with Crippen LogP contribution in [-0.4, -0.2) is 10.9 Å². The summed E-state index contributed by atoms with van der Waals surface area (Å²) in [4.78, 5) is 20.1. The van der Waals surface area contributed by atoms with E-state index in [0.717, 1.165) is 28.4 Å². The number of nitrogens with one attached hydrogen (secondary N) is 1. The van der Waals surface area contributed by atoms with Gasteiger partial charge in [0.25, 0.3) is 0 Å². The van der Waals surface area contributed by atoms with Gasteiger partial charge in [0.05, 0.1) is 5.69 Å². The topological polar surface area (TPSA) is 42.0 Å². The first-order valence-corrected chi connectivity index (χ1v) is 10.6. The number of rotatable bonds is 5. The maximum absolute atomic E-state index is 13.1. The number of fused-ring (bicyclic) bond motifs is 1. The fourth-order valence-electron chi connectivity index (χ4n) is 3.11. The van der Waals surface area contributed by atoms with Crippen molar-refractivity contribution in [1.82, 2.24) is 4.98 Å². The molecule has 3 aromatic rings. The van der Waals surface area contributed by atoms with Crippen molar-refractivity contribution in [3.63, 3.8) is 0 Å². The summed E-state index contributed by atoms with van der Waals surface area (Å²) in [7, 11) is 0. The second-order valence-electron chi connectivity index (χ2n) is 6.31. The van der Waals surface area contributed by atoms with Gasteiger partial charge in [-0.05, 0) is 43.4 Å². The van der Waals surface area contributed by atoms with E-state index in [1.54, 1.807) is 23.1 Å². The van der Waals surface area contributed by atoms with Crippen LogP contribution in [0.2, 0.25) is 0 Å². The van der Waals surface area contributed by atoms with Gasteiger partial charge in [0.2, 0.25) is 5.91 Å². The van der Waals surface area contributed by atoms with Gasteiger partial charge in [-0.2, -0.15) is 0 Å². The molecule has 0 spiro atoms. The fourth-order valence-corrected chi connectivity index (χ4v) is 5.21. The summed E-state index contributed by atoms with van der Waals surface area (Å²) in [5.41, 5.74) is 2.17. The molecule has 0 bridgehead atoms. The SMILES string of the molecule is O=C(Nc1nc2c(s1)CCCC2)C(Sc1ccccc1)c1ccccc1. The second-order valence-corrected chi connectivity index (χ2v) is 8.57. The summed E-state index contributed by atoms with van der Waals surface area (Å²) in [6.07, 6.45) is 4.53. The number of hydrogen-bond donors (Lipinski definition) is 1. The minimum absolute atomic E-state index is 0.0175. The molecule has 1 unspecified atom stereocenters. The van der Waals surface area contributed by atoms with Crippen molar-refractivity contribution in [1.29, 1.82) is 0 Å². The van der Waals surface area contributed by atoms with Gasteiger partial charge < -0.3 is 5.32 Å². The largest absolute Gasteiger partial charge is 0.301 e. The standard InChI is InChI=1S/C21H20N2OS2/c24-20(23-21-22-17-13-7-8-14-18(17)26-21)19(15-9-3-1-4-10-15)25-16-11-5-2-6-12-16/h1-6,9-12,19H,7-8,13-14H2,(H,22,23,24). The van der Waals surface area contributed by atoms with E-state index in [1.165, 1.54) is 23.4 Å². The molecule has 0 radical (unpaired) electrons. The van der Waals surface area contributed by atoms with E-state index in [-0.39, 0.29) is 11.2 Å². The molecule has 1 amide bonds. The maximum atomic E-state index is 13.1. The predicted molar refractivity (Wildman–Crippen MR) is 109 cm³/mol. The van der Waals surface area contributed by atoms with E-state index in [0.29, 0.717) is 0 Å². The number of benzene rings is 2. The Morgan fingerprint density at radius 2 is 1.69 bits per heavy atom. The molecule has 1 atom stereocenters. The number of carbonyl (C=O) groups excluding carboxylic acids is 1. The molecular weight excluding hydrogens is 360 g/mol. The molecule has 3 nitrogen and oxygen atoms in total. The average Bonchev–Trinajstić information content (AvgIpc) is 3.09. The first-order valence-electron chi connectivity index (χ1n) is 8.86. The minimum Gasteiger partial charge on any atom is -0.301 e. The lowest BCUT2D eigenvalue weighted by atomic mass is 10.0. The monoisotopic (exact) mass is 380 g/mol. The molecular formula is C21H20N2OS2. The summed E-state index contributed by atoms with van der Waals surface area (Å²) < 4.78 is 0. The third kappa shape index (κ3) is 4.00. The van der Waals surface area contributed by atoms with Crippen molar-refractivity contribution in [2.45, 2.75) is 35.8 Å². The zero-order valence-corrected chi connectivity index (χ0v) is 16.0. The molecule has 1 aliphatic rings. The number of thioether (sulfide) groups is 1. The Morgan fingerprint density at radius 3 is 2.42 bits per heavy atom. The van der Waals surface area contributed by atoms with Crippen LogP contribution >= 0.6 is 23.1 Å². The number of nitrogens with zero attached hydrogens (tertiary/aromatic N) is 1. The van der Waals surface area contributed by atoms with Gasteiger partial charge in [0.15, 0.2) is 5.13 Å². The molecule has 1 aliphatic carbocycles. The van der Waals surface area contributed by atoms with Crippen molar-refractivity contribution in [3.05, 3.63) is 76.8 Å². The molecule has 1 aromatic heterocycles. The molecule has 0 fully saturated rings. The number of anilines is 1. The normalized spacial score (nSPS) is 14.5. The predicted octanol–water partition coefficient (Wildman–Crippen LogP) is 5.49. The molecule has 2 aromatic carbocycles. The van der Waals surface area contributed by atoms with Crippen molar-refractivity contribution in [2.75, 3.05) is 5.32 Å². The average molecular weight is 381 g/mol. The molecule has 132 valence electrons. The van der Waals surface area contributed by atoms with Crippen LogP contribution in [-0.2, 0) is 17.6 Å². The van der Waals surface area contributed by atoms with Crippen molar-refractivity contribution >= 4 is 34.1 Å². The highest BCUT2D eigenvalue weighted by Crippen LogP contribution is 2.37. The lowest BCUT2D eigenvalue weighted by molar-refractivity contribution is -0.115. The number of carbonyl (C=O) groups is 1.